The number of nitrogens with two attached hydrogens (primary N) is 1. The van der Waals surface area contributed by atoms with Crippen LogP contribution in [-0.2, 0) is 16.1 Å². The number of pyridine rings is 1. The van der Waals surface area contributed by atoms with Crippen LogP contribution in [0, 0.1) is 5.92 Å². The van der Waals surface area contributed by atoms with E-state index in [-0.39, 0.29) is 12.2 Å². The average Bonchev–Trinajstić information content (AvgIpc) is 2.72. The van der Waals surface area contributed by atoms with Gasteiger partial charge in [-0.1, -0.05) is 37.1 Å². The lowest BCUT2D eigenvalue weighted by Crippen LogP contribution is -2.40. The summed E-state index contributed by atoms with van der Waals surface area (Å²) in [4.78, 5) is 23.3. The van der Waals surface area contributed by atoms with Crippen molar-refractivity contribution in [3.05, 3.63) is 42.1 Å². The molecule has 7 nitrogen and oxygen atoms in total. The monoisotopic (exact) mass is 399 g/mol. The number of benzene rings is 1. The van der Waals surface area contributed by atoms with Gasteiger partial charge in [0, 0.05) is 24.2 Å². The van der Waals surface area contributed by atoms with Gasteiger partial charge in [-0.15, -0.1) is 0 Å². The lowest BCUT2D eigenvalue weighted by Gasteiger charge is -2.35. The van der Waals surface area contributed by atoms with Crippen molar-refractivity contribution in [1.82, 2.24) is 9.88 Å². The van der Waals surface area contributed by atoms with Crippen molar-refractivity contribution in [2.45, 2.75) is 51.0 Å². The Kier molecular flexibility index (Phi) is 9.98. The predicted molar refractivity (Wildman–Crippen MR) is 112 cm³/mol. The van der Waals surface area contributed by atoms with E-state index in [0.717, 1.165) is 57.3 Å². The molecule has 0 spiro atoms. The molecule has 4 N–H and O–H groups in total. The minimum absolute atomic E-state index is 0.229. The van der Waals surface area contributed by atoms with Crippen LogP contribution in [0.1, 0.15) is 37.7 Å². The minimum atomic E-state index is -1.18. The highest BCUT2D eigenvalue weighted by molar-refractivity contribution is 6.40. The van der Waals surface area contributed by atoms with Crippen molar-refractivity contribution in [3.63, 3.8) is 0 Å². The normalized spacial score (nSPS) is 16.0. The number of hydrogen-bond donors (Lipinski definition) is 3. The summed E-state index contributed by atoms with van der Waals surface area (Å²) in [7, 11) is -1.18. The van der Waals surface area contributed by atoms with E-state index in [1.165, 1.54) is 10.9 Å². The summed E-state index contributed by atoms with van der Waals surface area (Å²) in [6.07, 6.45) is 7.63. The van der Waals surface area contributed by atoms with Gasteiger partial charge in [-0.2, -0.15) is 9.59 Å². The number of aromatic nitrogens is 1. The number of unbranched alkanes of at least 4 members (excludes halogenated alkanes) is 1. The molecule has 1 saturated heterocycles. The number of fused-ring (bicyclic) bond motifs is 1. The molecule has 1 atom stereocenters. The molecule has 3 rings (SSSR count). The summed E-state index contributed by atoms with van der Waals surface area (Å²) in [6, 6.07) is 10.8. The smallest absolute Gasteiger partial charge is 0.427 e. The van der Waals surface area contributed by atoms with Crippen molar-refractivity contribution < 1.29 is 19.6 Å². The quantitative estimate of drug-likeness (QED) is 0.458. The Hall–Kier alpha value is -2.09. The topological polar surface area (TPSA) is 117 Å². The molecule has 2 heterocycles. The highest BCUT2D eigenvalue weighted by Crippen LogP contribution is 2.25. The molecule has 1 aliphatic rings. The van der Waals surface area contributed by atoms with Gasteiger partial charge in [0.2, 0.25) is 0 Å². The van der Waals surface area contributed by atoms with Crippen molar-refractivity contribution in [1.29, 1.82) is 0 Å². The van der Waals surface area contributed by atoms with Gasteiger partial charge in [0.05, 0.1) is 5.52 Å². The summed E-state index contributed by atoms with van der Waals surface area (Å²) in [5.41, 5.74) is 8.79. The number of hydrogen-bond acceptors (Lipinski definition) is 7. The van der Waals surface area contributed by atoms with E-state index in [4.69, 9.17) is 25.4 Å². The Bertz CT molecular complexity index is 770. The third-order valence-electron chi connectivity index (χ3n) is 5.60. The second-order valence-corrected chi connectivity index (χ2v) is 7.62. The van der Waals surface area contributed by atoms with E-state index in [1.807, 2.05) is 12.3 Å². The predicted octanol–water partition coefficient (Wildman–Crippen LogP) is 1.83. The number of rotatable bonds is 8. The Morgan fingerprint density at radius 2 is 1.86 bits per heavy atom. The van der Waals surface area contributed by atoms with Crippen LogP contribution in [0.25, 0.3) is 10.9 Å². The van der Waals surface area contributed by atoms with Gasteiger partial charge < -0.3 is 15.8 Å². The molecule has 0 amide bonds. The van der Waals surface area contributed by atoms with E-state index in [2.05, 4.69) is 34.1 Å². The molecule has 1 fully saturated rings. The molecule has 0 bridgehead atoms. The zero-order chi connectivity index (χ0) is 21.1. The molecule has 156 valence electrons. The van der Waals surface area contributed by atoms with Crippen LogP contribution < -0.4 is 5.73 Å². The maximum absolute atomic E-state index is 8.90. The molecular weight excluding hydrogens is 369 g/mol. The molecule has 1 unspecified atom stereocenters. The lowest BCUT2D eigenvalue weighted by atomic mass is 9.82. The van der Waals surface area contributed by atoms with Gasteiger partial charge in [0.1, 0.15) is 0 Å². The standard InChI is InChI=1S/C20H30BN3O2.CO2/c22-19(8-1-2-11-21(25)26)16-9-13-24(14-10-16)15-18-6-3-5-17-7-4-12-23-20(17)18;2-1-3/h3-7,12,16,19,25-26H,1-2,8-11,13-15,22H2;. The summed E-state index contributed by atoms with van der Waals surface area (Å²) in [5, 5.41) is 19.0. The first-order valence-electron chi connectivity index (χ1n) is 10.2. The highest BCUT2D eigenvalue weighted by atomic mass is 16.4. The SMILES string of the molecule is NC(CCCCB(O)O)C1CCN(Cc2cccc3cccnc23)CC1.O=C=O. The van der Waals surface area contributed by atoms with Crippen LogP contribution >= 0.6 is 0 Å². The van der Waals surface area contributed by atoms with E-state index in [9.17, 15) is 0 Å². The second-order valence-electron chi connectivity index (χ2n) is 7.62. The van der Waals surface area contributed by atoms with Crippen LogP contribution in [-0.4, -0.2) is 52.3 Å². The van der Waals surface area contributed by atoms with Gasteiger partial charge >= 0.3 is 13.3 Å². The maximum Gasteiger partial charge on any atom is 0.451 e. The molecule has 1 aliphatic heterocycles. The van der Waals surface area contributed by atoms with Gasteiger partial charge in [-0.25, -0.2) is 0 Å². The molecule has 0 radical (unpaired) electrons. The number of carbonyl (C=O) groups excluding carboxylic acids is 2. The van der Waals surface area contributed by atoms with E-state index in [0.29, 0.717) is 12.2 Å². The fourth-order valence-electron chi connectivity index (χ4n) is 4.02. The Morgan fingerprint density at radius 3 is 2.55 bits per heavy atom. The summed E-state index contributed by atoms with van der Waals surface area (Å²) >= 11 is 0. The Labute approximate surface area is 172 Å². The van der Waals surface area contributed by atoms with Crippen LogP contribution in [0.15, 0.2) is 36.5 Å². The number of para-hydroxylation sites is 1. The zero-order valence-electron chi connectivity index (χ0n) is 16.7. The van der Waals surface area contributed by atoms with E-state index < -0.39 is 7.12 Å². The molecule has 1 aromatic carbocycles. The highest BCUT2D eigenvalue weighted by Gasteiger charge is 2.24. The fourth-order valence-corrected chi connectivity index (χ4v) is 4.02. The van der Waals surface area contributed by atoms with Gasteiger partial charge in [-0.3, -0.25) is 9.88 Å². The summed E-state index contributed by atoms with van der Waals surface area (Å²) in [5.74, 6) is 0.580. The lowest BCUT2D eigenvalue weighted by molar-refractivity contribution is -0.191. The van der Waals surface area contributed by atoms with Crippen molar-refractivity contribution in [2.24, 2.45) is 11.7 Å². The molecule has 0 aliphatic carbocycles. The van der Waals surface area contributed by atoms with Crippen LogP contribution in [0.5, 0.6) is 0 Å². The Balaban J connectivity index is 0.000000941. The van der Waals surface area contributed by atoms with Crippen molar-refractivity contribution in [2.75, 3.05) is 13.1 Å². The molecular formula is C21H30BN3O4. The average molecular weight is 399 g/mol. The van der Waals surface area contributed by atoms with Crippen molar-refractivity contribution in [3.8, 4) is 0 Å². The van der Waals surface area contributed by atoms with Crippen LogP contribution in [0.3, 0.4) is 0 Å². The maximum atomic E-state index is 8.90. The second kappa shape index (κ2) is 12.5. The molecule has 0 saturated carbocycles. The van der Waals surface area contributed by atoms with Gasteiger partial charge in [0.25, 0.3) is 0 Å². The molecule has 1 aromatic heterocycles. The summed E-state index contributed by atoms with van der Waals surface area (Å²) < 4.78 is 0. The van der Waals surface area contributed by atoms with E-state index in [1.54, 1.807) is 0 Å². The van der Waals surface area contributed by atoms with E-state index >= 15 is 0 Å². The first-order chi connectivity index (χ1) is 14.0. The fraction of sp³-hybridized carbons (Fsp3) is 0.524. The number of nitrogens with zero attached hydrogens (tertiary/aromatic N) is 2. The number of piperidine rings is 1. The third kappa shape index (κ3) is 7.69. The molecule has 8 heteroatoms. The zero-order valence-corrected chi connectivity index (χ0v) is 16.7. The first-order valence-corrected chi connectivity index (χ1v) is 10.2. The third-order valence-corrected chi connectivity index (χ3v) is 5.60. The van der Waals surface area contributed by atoms with Crippen LogP contribution in [0.4, 0.5) is 0 Å². The van der Waals surface area contributed by atoms with Crippen LogP contribution in [0.2, 0.25) is 6.32 Å². The van der Waals surface area contributed by atoms with Gasteiger partial charge in [-0.05, 0) is 56.2 Å². The van der Waals surface area contributed by atoms with Crippen molar-refractivity contribution >= 4 is 24.2 Å². The summed E-state index contributed by atoms with van der Waals surface area (Å²) in [6.45, 7) is 3.11. The first kappa shape index (κ1) is 23.2. The van der Waals surface area contributed by atoms with Gasteiger partial charge in [0.15, 0.2) is 0 Å². The number of likely N-dealkylation sites (tertiary alicyclic amines) is 1. The largest absolute Gasteiger partial charge is 0.451 e. The Morgan fingerprint density at radius 1 is 1.17 bits per heavy atom. The molecule has 29 heavy (non-hydrogen) atoms. The minimum Gasteiger partial charge on any atom is -0.427 e. The molecule has 2 aromatic rings.